The summed E-state index contributed by atoms with van der Waals surface area (Å²) in [7, 11) is 0. The Morgan fingerprint density at radius 1 is 0.864 bits per heavy atom. The highest BCUT2D eigenvalue weighted by atomic mass is 35.5. The summed E-state index contributed by atoms with van der Waals surface area (Å²) in [6, 6.07) is 15.6. The monoisotopic (exact) mass is 644 g/mol. The summed E-state index contributed by atoms with van der Waals surface area (Å²) in [5, 5.41) is 0.551. The van der Waals surface area contributed by atoms with Gasteiger partial charge in [0, 0.05) is 32.7 Å². The summed E-state index contributed by atoms with van der Waals surface area (Å²) >= 11 is 7.24. The lowest BCUT2D eigenvalue weighted by Crippen LogP contribution is -2.61. The van der Waals surface area contributed by atoms with E-state index >= 15 is 0 Å². The molecule has 1 fully saturated rings. The molecule has 1 amide bonds. The van der Waals surface area contributed by atoms with Gasteiger partial charge in [0.15, 0.2) is 28.9 Å². The number of anilines is 1. The number of hydrogen-bond donors (Lipinski definition) is 0. The molecule has 0 unspecified atom stereocenters. The van der Waals surface area contributed by atoms with E-state index in [1.165, 1.54) is 11.8 Å². The first kappa shape index (κ1) is 32.7. The van der Waals surface area contributed by atoms with Crippen LogP contribution in [0.3, 0.4) is 0 Å². The maximum atomic E-state index is 13.7. The van der Waals surface area contributed by atoms with Crippen molar-refractivity contribution in [2.75, 3.05) is 11.5 Å². The van der Waals surface area contributed by atoms with E-state index in [0.29, 0.717) is 16.3 Å². The lowest BCUT2D eigenvalue weighted by molar-refractivity contribution is -0.237. The lowest BCUT2D eigenvalue weighted by Gasteiger charge is -2.44. The van der Waals surface area contributed by atoms with Gasteiger partial charge in [0.25, 0.3) is 5.91 Å². The molecule has 0 radical (unpaired) electrons. The minimum atomic E-state index is -1.37. The Morgan fingerprint density at radius 2 is 1.45 bits per heavy atom. The quantitative estimate of drug-likeness (QED) is 0.234. The van der Waals surface area contributed by atoms with E-state index in [0.717, 1.165) is 32.5 Å². The summed E-state index contributed by atoms with van der Waals surface area (Å²) in [6.45, 7) is 4.22. The van der Waals surface area contributed by atoms with Crippen LogP contribution in [0.2, 0.25) is 5.02 Å². The van der Waals surface area contributed by atoms with Crippen LogP contribution in [0.5, 0.6) is 0 Å². The number of amidine groups is 1. The molecule has 1 saturated heterocycles. The van der Waals surface area contributed by atoms with Crippen molar-refractivity contribution >= 4 is 70.1 Å². The van der Waals surface area contributed by atoms with Crippen molar-refractivity contribution in [3.63, 3.8) is 0 Å². The van der Waals surface area contributed by atoms with Gasteiger partial charge in [-0.3, -0.25) is 28.9 Å². The van der Waals surface area contributed by atoms with Crippen LogP contribution in [0.25, 0.3) is 6.08 Å². The minimum Gasteiger partial charge on any atom is -0.463 e. The van der Waals surface area contributed by atoms with E-state index in [9.17, 15) is 24.0 Å². The van der Waals surface area contributed by atoms with Crippen LogP contribution in [-0.4, -0.2) is 71.4 Å². The summed E-state index contributed by atoms with van der Waals surface area (Å²) in [5.41, 5.74) is -0.0760. The molecule has 0 saturated carbocycles. The van der Waals surface area contributed by atoms with Crippen LogP contribution >= 0.6 is 23.4 Å². The van der Waals surface area contributed by atoms with Crippen LogP contribution in [0.4, 0.5) is 5.69 Å². The van der Waals surface area contributed by atoms with Gasteiger partial charge in [-0.05, 0) is 29.8 Å². The van der Waals surface area contributed by atoms with Crippen LogP contribution in [0.1, 0.15) is 33.3 Å². The molecular formula is C30H29ClN2O10S. The Labute approximate surface area is 262 Å². The number of rotatable bonds is 8. The van der Waals surface area contributed by atoms with Crippen molar-refractivity contribution < 1.29 is 47.7 Å². The Hall–Kier alpha value is -4.20. The molecule has 232 valence electrons. The van der Waals surface area contributed by atoms with E-state index in [2.05, 4.69) is 4.99 Å². The molecule has 5 atom stereocenters. The minimum absolute atomic E-state index is 0.0649. The summed E-state index contributed by atoms with van der Waals surface area (Å²) in [5.74, 6) is -3.35. The van der Waals surface area contributed by atoms with Gasteiger partial charge in [0.2, 0.25) is 0 Å². The number of amides is 1. The molecule has 4 rings (SSSR count). The van der Waals surface area contributed by atoms with Gasteiger partial charge in [-0.2, -0.15) is 0 Å². The van der Waals surface area contributed by atoms with Crippen molar-refractivity contribution in [1.82, 2.24) is 0 Å². The molecule has 44 heavy (non-hydrogen) atoms. The normalized spacial score (nSPS) is 24.0. The number of halogens is 1. The predicted molar refractivity (Wildman–Crippen MR) is 160 cm³/mol. The number of carbonyl (C=O) groups excluding carboxylic acids is 5. The summed E-state index contributed by atoms with van der Waals surface area (Å²) < 4.78 is 27.9. The molecule has 0 N–H and O–H groups in total. The van der Waals surface area contributed by atoms with Crippen LogP contribution in [0.15, 0.2) is 65.3 Å². The molecule has 2 heterocycles. The number of aliphatic imine (C=N–C) groups is 1. The van der Waals surface area contributed by atoms with Gasteiger partial charge in [0.1, 0.15) is 18.4 Å². The molecule has 2 aliphatic rings. The first-order valence-corrected chi connectivity index (χ1v) is 14.6. The highest BCUT2D eigenvalue weighted by molar-refractivity contribution is 8.14. The first-order valence-electron chi connectivity index (χ1n) is 13.4. The molecule has 0 spiro atoms. The molecule has 2 aromatic carbocycles. The molecule has 2 aliphatic heterocycles. The molecule has 12 nitrogen and oxygen atoms in total. The second-order valence-electron chi connectivity index (χ2n) is 9.61. The van der Waals surface area contributed by atoms with E-state index in [1.807, 2.05) is 0 Å². The fraction of sp³-hybridized carbons (Fsp3) is 0.333. The van der Waals surface area contributed by atoms with Crippen molar-refractivity contribution in [2.45, 2.75) is 57.5 Å². The highest BCUT2D eigenvalue weighted by Gasteiger charge is 2.53. The van der Waals surface area contributed by atoms with Crippen LogP contribution in [0, 0.1) is 0 Å². The maximum absolute atomic E-state index is 13.7. The van der Waals surface area contributed by atoms with E-state index < -0.39 is 59.6 Å². The number of benzene rings is 2. The largest absolute Gasteiger partial charge is 0.463 e. The fourth-order valence-electron chi connectivity index (χ4n) is 4.51. The van der Waals surface area contributed by atoms with E-state index in [1.54, 1.807) is 60.7 Å². The SMILES string of the molecule is CC(=O)OC[C@@H]1O[C@H](SC2=N/C(=C\c3ccccc3Cl)C(=O)N2c2ccccc2)[C@H](OC(C)=O)[C@H](OC(C)=O)[C@@H]1OC(C)=O. The van der Waals surface area contributed by atoms with Crippen molar-refractivity contribution in [3.05, 3.63) is 70.9 Å². The Morgan fingerprint density at radius 3 is 2.07 bits per heavy atom. The number of thioether (sulfide) groups is 1. The molecule has 0 aromatic heterocycles. The zero-order chi connectivity index (χ0) is 32.0. The number of ether oxygens (including phenoxy) is 5. The van der Waals surface area contributed by atoms with Crippen molar-refractivity contribution in [2.24, 2.45) is 4.99 Å². The van der Waals surface area contributed by atoms with Crippen LogP contribution < -0.4 is 4.90 Å². The fourth-order valence-corrected chi connectivity index (χ4v) is 5.89. The number of hydrogen-bond acceptors (Lipinski definition) is 12. The second kappa shape index (κ2) is 14.5. The second-order valence-corrected chi connectivity index (χ2v) is 11.1. The highest BCUT2D eigenvalue weighted by Crippen LogP contribution is 2.39. The van der Waals surface area contributed by atoms with Gasteiger partial charge in [-0.15, -0.1) is 0 Å². The number of esters is 4. The predicted octanol–water partition coefficient (Wildman–Crippen LogP) is 3.90. The van der Waals surface area contributed by atoms with Gasteiger partial charge >= 0.3 is 23.9 Å². The van der Waals surface area contributed by atoms with E-state index in [-0.39, 0.29) is 17.5 Å². The number of carbonyl (C=O) groups is 5. The van der Waals surface area contributed by atoms with Gasteiger partial charge in [-0.1, -0.05) is 59.8 Å². The Balaban J connectivity index is 1.79. The van der Waals surface area contributed by atoms with Gasteiger partial charge in [0.05, 0.1) is 5.69 Å². The Kier molecular flexibility index (Phi) is 10.8. The molecule has 0 aliphatic carbocycles. The summed E-state index contributed by atoms with van der Waals surface area (Å²) in [4.78, 5) is 67.8. The topological polar surface area (TPSA) is 147 Å². The standard InChI is InChI=1S/C30H29ClN2O10S/c1-16(34)39-15-24-25(40-17(2)35)26(41-18(3)36)27(42-19(4)37)29(43-24)44-30-32-23(14-20-10-8-9-13-22(20)31)28(38)33(30)21-11-6-5-7-12-21/h5-14,24-27,29H,15H2,1-4H3/b23-14-/t24-,25+,26+,27+,29+/m0/s1. The third-order valence-electron chi connectivity index (χ3n) is 6.21. The molecule has 2 aromatic rings. The average molecular weight is 645 g/mol. The lowest BCUT2D eigenvalue weighted by atomic mass is 9.99. The van der Waals surface area contributed by atoms with Crippen molar-refractivity contribution in [1.29, 1.82) is 0 Å². The third kappa shape index (κ3) is 8.04. The van der Waals surface area contributed by atoms with Gasteiger partial charge < -0.3 is 23.7 Å². The molecular weight excluding hydrogens is 616 g/mol. The summed E-state index contributed by atoms with van der Waals surface area (Å²) in [6.07, 6.45) is -3.64. The smallest absolute Gasteiger partial charge is 0.303 e. The van der Waals surface area contributed by atoms with E-state index in [4.69, 9.17) is 35.3 Å². The van der Waals surface area contributed by atoms with Crippen LogP contribution in [-0.2, 0) is 47.7 Å². The Bertz CT molecular complexity index is 1500. The number of nitrogens with zero attached hydrogens (tertiary/aromatic N) is 2. The zero-order valence-electron chi connectivity index (χ0n) is 24.1. The number of para-hydroxylation sites is 1. The average Bonchev–Trinajstić information content (AvgIpc) is 3.25. The van der Waals surface area contributed by atoms with Crippen molar-refractivity contribution in [3.8, 4) is 0 Å². The maximum Gasteiger partial charge on any atom is 0.303 e. The first-order chi connectivity index (χ1) is 20.9. The molecule has 0 bridgehead atoms. The zero-order valence-corrected chi connectivity index (χ0v) is 25.7. The molecule has 14 heteroatoms. The third-order valence-corrected chi connectivity index (χ3v) is 7.65. The van der Waals surface area contributed by atoms with Gasteiger partial charge in [-0.25, -0.2) is 4.99 Å².